The molecule has 0 fully saturated rings. The fourth-order valence-electron chi connectivity index (χ4n) is 4.19. The maximum absolute atomic E-state index is 15.0. The third kappa shape index (κ3) is 5.69. The summed E-state index contributed by atoms with van der Waals surface area (Å²) in [6.07, 6.45) is 6.23. The van der Waals surface area contributed by atoms with Gasteiger partial charge in [-0.15, -0.1) is 0 Å². The second-order valence-corrected chi connectivity index (χ2v) is 9.78. The molecule has 1 amide bonds. The molecule has 0 atom stereocenters. The lowest BCUT2D eigenvalue weighted by Gasteiger charge is -2.16. The summed E-state index contributed by atoms with van der Waals surface area (Å²) < 4.78 is 24.7. The molecule has 5 aromatic rings. The molecule has 0 saturated carbocycles. The van der Waals surface area contributed by atoms with E-state index in [1.807, 2.05) is 6.92 Å². The highest BCUT2D eigenvalue weighted by molar-refractivity contribution is 6.03. The number of anilines is 1. The number of nitrogens with one attached hydrogen (secondary N) is 1. The molecule has 0 saturated heterocycles. The first-order valence-corrected chi connectivity index (χ1v) is 12.8. The maximum Gasteiger partial charge on any atom is 0.335 e. The lowest BCUT2D eigenvalue weighted by atomic mass is 10.2. The van der Waals surface area contributed by atoms with E-state index in [2.05, 4.69) is 15.4 Å². The number of hydrogen-bond donors (Lipinski definition) is 1. The molecule has 208 valence electrons. The number of nitrogens with zero attached hydrogens (tertiary/aromatic N) is 5. The van der Waals surface area contributed by atoms with Crippen LogP contribution in [0.1, 0.15) is 35.8 Å². The van der Waals surface area contributed by atoms with Gasteiger partial charge in [-0.2, -0.15) is 5.10 Å². The number of aromatic nitrogens is 5. The average Bonchev–Trinajstić information content (AvgIpc) is 3.37. The van der Waals surface area contributed by atoms with Gasteiger partial charge in [0, 0.05) is 55.1 Å². The Hall–Kier alpha value is -5.32. The van der Waals surface area contributed by atoms with Gasteiger partial charge in [-0.05, 0) is 51.1 Å². The zero-order valence-electron chi connectivity index (χ0n) is 22.8. The van der Waals surface area contributed by atoms with Crippen molar-refractivity contribution in [1.82, 2.24) is 23.9 Å². The van der Waals surface area contributed by atoms with E-state index in [0.717, 1.165) is 21.8 Å². The van der Waals surface area contributed by atoms with Crippen LogP contribution in [-0.2, 0) is 7.05 Å². The summed E-state index contributed by atoms with van der Waals surface area (Å²) in [6.45, 7) is 5.42. The Morgan fingerprint density at radius 3 is 2.44 bits per heavy atom. The van der Waals surface area contributed by atoms with Gasteiger partial charge in [0.1, 0.15) is 11.3 Å². The molecule has 41 heavy (non-hydrogen) atoms. The molecule has 2 aromatic carbocycles. The number of rotatable bonds is 7. The Morgan fingerprint density at radius 2 is 1.78 bits per heavy atom. The molecule has 1 N–H and O–H groups in total. The van der Waals surface area contributed by atoms with E-state index in [9.17, 15) is 14.4 Å². The van der Waals surface area contributed by atoms with Gasteiger partial charge in [-0.1, -0.05) is 17.7 Å². The number of carbonyl (C=O) groups is 1. The second kappa shape index (κ2) is 11.0. The standard InChI is InChI=1S/C30H27FN6O4/c1-18(2)36-17-24(29(39)37(30(36)40)22-8-5-19(3)6-9-22)28(38)34-21-7-10-27(25(31)13-21)41-23-11-12-32-26(14-23)20-15-33-35(4)16-20/h5-18H,1-4H3,(H,34,38). The largest absolute Gasteiger partial charge is 0.454 e. The van der Waals surface area contributed by atoms with Crippen molar-refractivity contribution in [2.75, 3.05) is 5.32 Å². The van der Waals surface area contributed by atoms with Crippen LogP contribution in [-0.4, -0.2) is 29.8 Å². The molecule has 0 unspecified atom stereocenters. The quantitative estimate of drug-likeness (QED) is 0.307. The van der Waals surface area contributed by atoms with Crippen LogP contribution in [0.2, 0.25) is 0 Å². The monoisotopic (exact) mass is 554 g/mol. The van der Waals surface area contributed by atoms with E-state index in [0.29, 0.717) is 17.1 Å². The Bertz CT molecular complexity index is 1870. The molecule has 10 nitrogen and oxygen atoms in total. The van der Waals surface area contributed by atoms with Crippen molar-refractivity contribution in [2.45, 2.75) is 26.8 Å². The predicted octanol–water partition coefficient (Wildman–Crippen LogP) is 4.87. The molecular formula is C30H27FN6O4. The zero-order chi connectivity index (χ0) is 29.3. The fraction of sp³-hybridized carbons (Fsp3) is 0.167. The Balaban J connectivity index is 1.41. The summed E-state index contributed by atoms with van der Waals surface area (Å²) in [5.41, 5.74) is 1.17. The van der Waals surface area contributed by atoms with E-state index in [4.69, 9.17) is 4.74 Å². The number of carbonyl (C=O) groups excluding carboxylic acids is 1. The molecule has 11 heteroatoms. The zero-order valence-corrected chi connectivity index (χ0v) is 22.8. The van der Waals surface area contributed by atoms with Crippen molar-refractivity contribution in [3.8, 4) is 28.4 Å². The van der Waals surface area contributed by atoms with Crippen LogP contribution in [0.25, 0.3) is 16.9 Å². The molecule has 0 aliphatic carbocycles. The number of pyridine rings is 1. The fourth-order valence-corrected chi connectivity index (χ4v) is 4.19. The Morgan fingerprint density at radius 1 is 1.02 bits per heavy atom. The van der Waals surface area contributed by atoms with Gasteiger partial charge in [0.2, 0.25) is 0 Å². The van der Waals surface area contributed by atoms with E-state index in [1.165, 1.54) is 22.9 Å². The maximum atomic E-state index is 15.0. The summed E-state index contributed by atoms with van der Waals surface area (Å²) in [4.78, 5) is 43.9. The number of amides is 1. The summed E-state index contributed by atoms with van der Waals surface area (Å²) in [5, 5.41) is 6.68. The lowest BCUT2D eigenvalue weighted by Crippen LogP contribution is -2.42. The minimum atomic E-state index is -0.784. The van der Waals surface area contributed by atoms with E-state index < -0.39 is 23.0 Å². The summed E-state index contributed by atoms with van der Waals surface area (Å²) >= 11 is 0. The van der Waals surface area contributed by atoms with E-state index in [-0.39, 0.29) is 23.0 Å². The lowest BCUT2D eigenvalue weighted by molar-refractivity contribution is 0.102. The molecule has 0 bridgehead atoms. The van der Waals surface area contributed by atoms with Crippen LogP contribution >= 0.6 is 0 Å². The van der Waals surface area contributed by atoms with Gasteiger partial charge in [0.05, 0.1) is 17.6 Å². The predicted molar refractivity (Wildman–Crippen MR) is 152 cm³/mol. The molecule has 0 spiro atoms. The van der Waals surface area contributed by atoms with Crippen molar-refractivity contribution in [3.05, 3.63) is 117 Å². The van der Waals surface area contributed by atoms with Crippen molar-refractivity contribution in [1.29, 1.82) is 0 Å². The van der Waals surface area contributed by atoms with Crippen molar-refractivity contribution in [3.63, 3.8) is 0 Å². The molecule has 0 aliphatic rings. The Labute approximate surface area is 234 Å². The molecule has 3 aromatic heterocycles. The summed E-state index contributed by atoms with van der Waals surface area (Å²) in [6, 6.07) is 13.7. The molecule has 5 rings (SSSR count). The third-order valence-electron chi connectivity index (χ3n) is 6.36. The molecule has 3 heterocycles. The van der Waals surface area contributed by atoms with Crippen molar-refractivity contribution < 1.29 is 13.9 Å². The van der Waals surface area contributed by atoms with Gasteiger partial charge >= 0.3 is 5.69 Å². The average molecular weight is 555 g/mol. The highest BCUT2D eigenvalue weighted by atomic mass is 19.1. The van der Waals surface area contributed by atoms with Crippen LogP contribution in [0.15, 0.2) is 89.0 Å². The van der Waals surface area contributed by atoms with Crippen LogP contribution in [0.4, 0.5) is 10.1 Å². The summed E-state index contributed by atoms with van der Waals surface area (Å²) in [5.74, 6) is -1.22. The molecular weight excluding hydrogens is 527 g/mol. The van der Waals surface area contributed by atoms with Gasteiger partial charge in [-0.25, -0.2) is 13.8 Å². The number of halogens is 1. The third-order valence-corrected chi connectivity index (χ3v) is 6.36. The van der Waals surface area contributed by atoms with Crippen LogP contribution in [0, 0.1) is 12.7 Å². The van der Waals surface area contributed by atoms with Crippen LogP contribution < -0.4 is 21.3 Å². The first-order valence-electron chi connectivity index (χ1n) is 12.8. The second-order valence-electron chi connectivity index (χ2n) is 9.78. The number of aryl methyl sites for hydroxylation is 2. The van der Waals surface area contributed by atoms with Crippen LogP contribution in [0.5, 0.6) is 11.5 Å². The van der Waals surface area contributed by atoms with Gasteiger partial charge in [0.15, 0.2) is 11.6 Å². The van der Waals surface area contributed by atoms with Gasteiger partial charge in [0.25, 0.3) is 11.5 Å². The molecule has 0 radical (unpaired) electrons. The number of benzene rings is 2. The van der Waals surface area contributed by atoms with Gasteiger partial charge < -0.3 is 10.1 Å². The number of ether oxygens (including phenoxy) is 1. The van der Waals surface area contributed by atoms with E-state index >= 15 is 4.39 Å². The highest BCUT2D eigenvalue weighted by Gasteiger charge is 2.20. The van der Waals surface area contributed by atoms with Crippen molar-refractivity contribution in [2.24, 2.45) is 7.05 Å². The van der Waals surface area contributed by atoms with Gasteiger partial charge in [-0.3, -0.25) is 23.8 Å². The SMILES string of the molecule is Cc1ccc(-n2c(=O)c(C(=O)Nc3ccc(Oc4ccnc(-c5cnn(C)c5)c4)c(F)c3)cn(C(C)C)c2=O)cc1. The first-order chi connectivity index (χ1) is 19.6. The van der Waals surface area contributed by atoms with Crippen molar-refractivity contribution >= 4 is 11.6 Å². The normalized spacial score (nSPS) is 11.1. The number of hydrogen-bond acceptors (Lipinski definition) is 6. The smallest absolute Gasteiger partial charge is 0.335 e. The first kappa shape index (κ1) is 27.3. The summed E-state index contributed by atoms with van der Waals surface area (Å²) in [7, 11) is 1.79. The van der Waals surface area contributed by atoms with E-state index in [1.54, 1.807) is 80.6 Å². The topological polar surface area (TPSA) is 113 Å². The van der Waals surface area contributed by atoms with Crippen LogP contribution in [0.3, 0.4) is 0 Å². The highest BCUT2D eigenvalue weighted by Crippen LogP contribution is 2.29. The molecule has 0 aliphatic heterocycles. The Kier molecular flexibility index (Phi) is 7.34. The minimum Gasteiger partial charge on any atom is -0.454 e. The minimum absolute atomic E-state index is 0.0681.